The van der Waals surface area contributed by atoms with E-state index in [1.807, 2.05) is 0 Å². The van der Waals surface area contributed by atoms with Crippen LogP contribution in [0.3, 0.4) is 0 Å². The fourth-order valence-corrected chi connectivity index (χ4v) is 0.571. The molecular formula is C6H3ClFIMg. The molecule has 0 saturated carbocycles. The number of benzene rings is 1. The second-order valence-corrected chi connectivity index (χ2v) is 1.79. The van der Waals surface area contributed by atoms with Crippen LogP contribution in [-0.4, -0.2) is 23.1 Å². The van der Waals surface area contributed by atoms with Crippen molar-refractivity contribution in [1.29, 1.82) is 0 Å². The van der Waals surface area contributed by atoms with Crippen molar-refractivity contribution >= 4 is 34.7 Å². The molecule has 0 amide bonds. The average Bonchev–Trinajstić information content (AvgIpc) is 1.64. The Morgan fingerprint density at radius 3 is 2.40 bits per heavy atom. The van der Waals surface area contributed by atoms with Crippen LogP contribution in [0.4, 0.5) is 4.39 Å². The van der Waals surface area contributed by atoms with Crippen molar-refractivity contribution in [1.82, 2.24) is 0 Å². The van der Waals surface area contributed by atoms with Gasteiger partial charge in [0.05, 0.1) is 0 Å². The minimum absolute atomic E-state index is 0. The SMILES string of the molecule is Fc1[c-]ccc(Cl)c1.[I-].[Mg+2]. The minimum Gasteiger partial charge on any atom is -1.00 e. The van der Waals surface area contributed by atoms with Crippen LogP contribution in [0.15, 0.2) is 18.2 Å². The summed E-state index contributed by atoms with van der Waals surface area (Å²) in [5, 5.41) is 0.404. The average molecular weight is 281 g/mol. The van der Waals surface area contributed by atoms with Gasteiger partial charge >= 0.3 is 23.1 Å². The second kappa shape index (κ2) is 6.63. The van der Waals surface area contributed by atoms with E-state index in [4.69, 9.17) is 11.6 Å². The zero-order chi connectivity index (χ0) is 5.98. The van der Waals surface area contributed by atoms with Gasteiger partial charge in [-0.25, -0.2) is 4.39 Å². The van der Waals surface area contributed by atoms with Crippen LogP contribution in [0.5, 0.6) is 0 Å². The summed E-state index contributed by atoms with van der Waals surface area (Å²) in [5.41, 5.74) is 0. The molecule has 0 spiro atoms. The molecule has 1 aromatic carbocycles. The molecule has 4 heteroatoms. The molecule has 0 heterocycles. The standard InChI is InChI=1S/C6H3ClF.HI.Mg/c7-5-2-1-3-6(8)4-5;;/h1-2,4H;1H;/q-1;;+2/p-1. The zero-order valence-corrected chi connectivity index (χ0v) is 9.40. The molecule has 0 radical (unpaired) electrons. The predicted molar refractivity (Wildman–Crippen MR) is 36.0 cm³/mol. The summed E-state index contributed by atoms with van der Waals surface area (Å²) in [6.07, 6.45) is 0. The molecule has 0 saturated heterocycles. The molecule has 0 aliphatic carbocycles. The van der Waals surface area contributed by atoms with E-state index in [9.17, 15) is 4.39 Å². The van der Waals surface area contributed by atoms with Crippen molar-refractivity contribution in [3.05, 3.63) is 35.1 Å². The maximum atomic E-state index is 12.0. The molecule has 0 fully saturated rings. The molecule has 0 aromatic heterocycles. The molecule has 0 unspecified atom stereocenters. The summed E-state index contributed by atoms with van der Waals surface area (Å²) in [6, 6.07) is 6.55. The van der Waals surface area contributed by atoms with E-state index in [1.54, 1.807) is 6.07 Å². The quantitative estimate of drug-likeness (QED) is 0.322. The molecule has 0 aliphatic heterocycles. The van der Waals surface area contributed by atoms with Crippen molar-refractivity contribution < 1.29 is 28.4 Å². The fourth-order valence-electron chi connectivity index (χ4n) is 0.412. The summed E-state index contributed by atoms with van der Waals surface area (Å²) >= 11 is 5.38. The van der Waals surface area contributed by atoms with Crippen molar-refractivity contribution in [2.45, 2.75) is 0 Å². The van der Waals surface area contributed by atoms with Gasteiger partial charge in [-0.15, -0.1) is 23.7 Å². The molecule has 50 valence electrons. The summed E-state index contributed by atoms with van der Waals surface area (Å²) in [5.74, 6) is -0.419. The Morgan fingerprint density at radius 1 is 1.50 bits per heavy atom. The molecule has 0 nitrogen and oxygen atoms in total. The number of hydrogen-bond acceptors (Lipinski definition) is 0. The summed E-state index contributed by atoms with van der Waals surface area (Å²) in [7, 11) is 0. The summed E-state index contributed by atoms with van der Waals surface area (Å²) in [4.78, 5) is 0. The molecule has 0 N–H and O–H groups in total. The van der Waals surface area contributed by atoms with Crippen LogP contribution in [0, 0.1) is 11.9 Å². The van der Waals surface area contributed by atoms with Gasteiger partial charge in [0.1, 0.15) is 0 Å². The van der Waals surface area contributed by atoms with E-state index in [2.05, 4.69) is 6.07 Å². The molecule has 0 aliphatic rings. The third-order valence-corrected chi connectivity index (χ3v) is 0.963. The fraction of sp³-hybridized carbons (Fsp3) is 0. The third-order valence-electron chi connectivity index (χ3n) is 0.728. The van der Waals surface area contributed by atoms with Gasteiger partial charge in [-0.3, -0.25) is 0 Å². The summed E-state index contributed by atoms with van der Waals surface area (Å²) < 4.78 is 12.0. The Labute approximate surface area is 97.3 Å². The minimum atomic E-state index is -0.419. The summed E-state index contributed by atoms with van der Waals surface area (Å²) in [6.45, 7) is 0. The largest absolute Gasteiger partial charge is 2.00 e. The van der Waals surface area contributed by atoms with Crippen LogP contribution in [0.2, 0.25) is 5.02 Å². The van der Waals surface area contributed by atoms with Crippen molar-refractivity contribution in [2.75, 3.05) is 0 Å². The first kappa shape index (κ1) is 13.5. The Bertz CT molecular complexity index is 178. The Kier molecular flexibility index (Phi) is 8.97. The second-order valence-electron chi connectivity index (χ2n) is 1.35. The van der Waals surface area contributed by atoms with Crippen molar-refractivity contribution in [2.24, 2.45) is 0 Å². The first-order valence-corrected chi connectivity index (χ1v) is 2.49. The van der Waals surface area contributed by atoms with Gasteiger partial charge in [-0.2, -0.15) is 12.1 Å². The molecule has 10 heavy (non-hydrogen) atoms. The molecule has 1 rings (SSSR count). The van der Waals surface area contributed by atoms with E-state index in [0.29, 0.717) is 5.02 Å². The Hall–Kier alpha value is 0.936. The van der Waals surface area contributed by atoms with Crippen LogP contribution < -0.4 is 24.0 Å². The smallest absolute Gasteiger partial charge is 1.00 e. The van der Waals surface area contributed by atoms with Gasteiger partial charge in [0.25, 0.3) is 0 Å². The van der Waals surface area contributed by atoms with Crippen LogP contribution in [0.1, 0.15) is 0 Å². The van der Waals surface area contributed by atoms with Gasteiger partial charge in [0.2, 0.25) is 0 Å². The monoisotopic (exact) mass is 280 g/mol. The maximum Gasteiger partial charge on any atom is 2.00 e. The predicted octanol–water partition coefficient (Wildman–Crippen LogP) is -1.10. The van der Waals surface area contributed by atoms with E-state index >= 15 is 0 Å². The number of rotatable bonds is 0. The van der Waals surface area contributed by atoms with Crippen molar-refractivity contribution in [3.8, 4) is 0 Å². The van der Waals surface area contributed by atoms with Gasteiger partial charge in [-0.05, 0) is 0 Å². The van der Waals surface area contributed by atoms with E-state index in [-0.39, 0.29) is 47.0 Å². The van der Waals surface area contributed by atoms with Gasteiger partial charge in [0.15, 0.2) is 0 Å². The van der Waals surface area contributed by atoms with Gasteiger partial charge in [-0.1, -0.05) is 5.02 Å². The van der Waals surface area contributed by atoms with Crippen LogP contribution in [-0.2, 0) is 0 Å². The Balaban J connectivity index is 0. The van der Waals surface area contributed by atoms with E-state index < -0.39 is 5.82 Å². The van der Waals surface area contributed by atoms with Gasteiger partial charge < -0.3 is 24.0 Å². The van der Waals surface area contributed by atoms with E-state index in [0.717, 1.165) is 0 Å². The molecule has 0 bridgehead atoms. The third kappa shape index (κ3) is 4.71. The van der Waals surface area contributed by atoms with Crippen molar-refractivity contribution in [3.63, 3.8) is 0 Å². The van der Waals surface area contributed by atoms with Gasteiger partial charge in [0, 0.05) is 5.82 Å². The Morgan fingerprint density at radius 2 is 2.10 bits per heavy atom. The molecule has 0 atom stereocenters. The maximum absolute atomic E-state index is 12.0. The zero-order valence-electron chi connectivity index (χ0n) is 5.07. The van der Waals surface area contributed by atoms with E-state index in [1.165, 1.54) is 12.1 Å². The van der Waals surface area contributed by atoms with Crippen LogP contribution >= 0.6 is 11.6 Å². The first-order chi connectivity index (χ1) is 3.79. The number of halogens is 3. The topological polar surface area (TPSA) is 0 Å². The molecule has 1 aromatic rings. The van der Waals surface area contributed by atoms with Crippen LogP contribution in [0.25, 0.3) is 0 Å². The normalized spacial score (nSPS) is 7.40. The first-order valence-electron chi connectivity index (χ1n) is 2.12. The number of hydrogen-bond donors (Lipinski definition) is 0. The molecular weight excluding hydrogens is 278 g/mol.